The fourth-order valence-electron chi connectivity index (χ4n) is 1.14. The van der Waals surface area contributed by atoms with Crippen molar-refractivity contribution in [2.45, 2.75) is 17.9 Å². The first kappa shape index (κ1) is 14.2. The van der Waals surface area contributed by atoms with Crippen LogP contribution in [0.3, 0.4) is 0 Å². The summed E-state index contributed by atoms with van der Waals surface area (Å²) in [5, 5.41) is 8.44. The number of unbranched alkanes of at least 4 members (excludes halogenated alkanes) is 1. The lowest BCUT2D eigenvalue weighted by atomic mass is 10.3. The number of terminal acetylenes is 1. The molecule has 1 aromatic rings. The highest BCUT2D eigenvalue weighted by Gasteiger charge is 2.15. The molecular formula is C11H12N2O4S. The summed E-state index contributed by atoms with van der Waals surface area (Å²) in [5.74, 6) is 1.24. The number of hydrogen-bond donors (Lipinski definition) is 2. The van der Waals surface area contributed by atoms with Crippen molar-refractivity contribution in [1.82, 2.24) is 9.71 Å². The van der Waals surface area contributed by atoms with Crippen molar-refractivity contribution in [2.75, 3.05) is 6.54 Å². The van der Waals surface area contributed by atoms with Crippen LogP contribution in [0, 0.1) is 12.3 Å². The molecule has 0 unspecified atom stereocenters. The summed E-state index contributed by atoms with van der Waals surface area (Å²) in [4.78, 5) is 14.2. The predicted molar refractivity (Wildman–Crippen MR) is 64.5 cm³/mol. The normalized spacial score (nSPS) is 10.8. The maximum Gasteiger partial charge on any atom is 0.337 e. The zero-order valence-corrected chi connectivity index (χ0v) is 10.3. The Kier molecular flexibility index (Phi) is 4.83. The monoisotopic (exact) mass is 268 g/mol. The van der Waals surface area contributed by atoms with Crippen molar-refractivity contribution in [2.24, 2.45) is 0 Å². The number of sulfonamides is 1. The molecular weight excluding hydrogens is 256 g/mol. The number of pyridine rings is 1. The van der Waals surface area contributed by atoms with E-state index < -0.39 is 16.0 Å². The van der Waals surface area contributed by atoms with Crippen LogP contribution in [-0.4, -0.2) is 31.0 Å². The maximum atomic E-state index is 11.7. The molecule has 0 amide bonds. The summed E-state index contributed by atoms with van der Waals surface area (Å²) in [5.41, 5.74) is -0.0683. The van der Waals surface area contributed by atoms with Gasteiger partial charge in [-0.2, -0.15) is 0 Å². The van der Waals surface area contributed by atoms with Crippen LogP contribution in [0.25, 0.3) is 0 Å². The van der Waals surface area contributed by atoms with Gasteiger partial charge < -0.3 is 5.11 Å². The molecule has 6 nitrogen and oxygen atoms in total. The summed E-state index contributed by atoms with van der Waals surface area (Å²) in [6.07, 6.45) is 7.05. The van der Waals surface area contributed by atoms with Crippen LogP contribution in [0.2, 0.25) is 0 Å². The molecule has 7 heteroatoms. The second kappa shape index (κ2) is 6.14. The fraction of sp³-hybridized carbons (Fsp3) is 0.273. The van der Waals surface area contributed by atoms with E-state index in [4.69, 9.17) is 11.5 Å². The number of nitrogens with zero attached hydrogens (tertiary/aromatic N) is 1. The largest absolute Gasteiger partial charge is 0.478 e. The van der Waals surface area contributed by atoms with Crippen molar-refractivity contribution in [1.29, 1.82) is 0 Å². The maximum absolute atomic E-state index is 11.7. The SMILES string of the molecule is C#CCCCNS(=O)(=O)c1ccc(C(=O)O)cn1. The van der Waals surface area contributed by atoms with E-state index in [1.54, 1.807) is 0 Å². The standard InChI is InChI=1S/C11H12N2O4S/c1-2-3-4-7-13-18(16,17)10-6-5-9(8-12-10)11(14)15/h1,5-6,8,13H,3-4,7H2,(H,14,15). The Bertz CT molecular complexity index is 558. The Labute approximate surface area is 105 Å². The summed E-state index contributed by atoms with van der Waals surface area (Å²) < 4.78 is 25.7. The molecule has 0 radical (unpaired) electrons. The molecule has 1 aromatic heterocycles. The van der Waals surface area contributed by atoms with Crippen molar-refractivity contribution < 1.29 is 18.3 Å². The van der Waals surface area contributed by atoms with Crippen LogP contribution < -0.4 is 4.72 Å². The van der Waals surface area contributed by atoms with Gasteiger partial charge in [0.05, 0.1) is 5.56 Å². The molecule has 96 valence electrons. The average Bonchev–Trinajstić information content (AvgIpc) is 2.35. The third-order valence-electron chi connectivity index (χ3n) is 2.05. The summed E-state index contributed by atoms with van der Waals surface area (Å²) >= 11 is 0. The lowest BCUT2D eigenvalue weighted by molar-refractivity contribution is 0.0696. The number of carboxylic acids is 1. The van der Waals surface area contributed by atoms with E-state index in [-0.39, 0.29) is 17.1 Å². The highest BCUT2D eigenvalue weighted by atomic mass is 32.2. The van der Waals surface area contributed by atoms with Gasteiger partial charge in [0.15, 0.2) is 5.03 Å². The molecule has 0 aliphatic carbocycles. The minimum atomic E-state index is -3.71. The van der Waals surface area contributed by atoms with Gasteiger partial charge in [-0.25, -0.2) is 22.9 Å². The van der Waals surface area contributed by atoms with E-state index in [0.717, 1.165) is 12.3 Å². The van der Waals surface area contributed by atoms with E-state index in [1.165, 1.54) is 6.07 Å². The van der Waals surface area contributed by atoms with Gasteiger partial charge in [-0.1, -0.05) is 0 Å². The van der Waals surface area contributed by atoms with Gasteiger partial charge >= 0.3 is 5.97 Å². The number of carbonyl (C=O) groups is 1. The fourth-order valence-corrected chi connectivity index (χ4v) is 2.14. The number of nitrogens with one attached hydrogen (secondary N) is 1. The van der Waals surface area contributed by atoms with E-state index >= 15 is 0 Å². The smallest absolute Gasteiger partial charge is 0.337 e. The predicted octanol–water partition coefficient (Wildman–Crippen LogP) is 0.472. The zero-order valence-electron chi connectivity index (χ0n) is 9.46. The van der Waals surface area contributed by atoms with Gasteiger partial charge in [0.2, 0.25) is 0 Å². The topological polar surface area (TPSA) is 96.4 Å². The molecule has 0 bridgehead atoms. The van der Waals surface area contributed by atoms with Gasteiger partial charge in [0, 0.05) is 19.2 Å². The van der Waals surface area contributed by atoms with E-state index in [9.17, 15) is 13.2 Å². The number of carboxylic acid groups (broad SMARTS) is 1. The molecule has 0 spiro atoms. The highest BCUT2D eigenvalue weighted by Crippen LogP contribution is 2.06. The molecule has 0 saturated carbocycles. The lowest BCUT2D eigenvalue weighted by Gasteiger charge is -2.05. The minimum Gasteiger partial charge on any atom is -0.478 e. The van der Waals surface area contributed by atoms with Crippen LogP contribution in [0.5, 0.6) is 0 Å². The van der Waals surface area contributed by atoms with Crippen molar-refractivity contribution in [3.8, 4) is 12.3 Å². The van der Waals surface area contributed by atoms with E-state index in [2.05, 4.69) is 15.6 Å². The molecule has 0 aromatic carbocycles. The highest BCUT2D eigenvalue weighted by molar-refractivity contribution is 7.89. The second-order valence-corrected chi connectivity index (χ2v) is 5.11. The molecule has 0 aliphatic rings. The zero-order chi connectivity index (χ0) is 13.6. The average molecular weight is 268 g/mol. The summed E-state index contributed by atoms with van der Waals surface area (Å²) in [7, 11) is -3.71. The first-order chi connectivity index (χ1) is 8.47. The number of aromatic nitrogens is 1. The van der Waals surface area contributed by atoms with Crippen LogP contribution in [0.15, 0.2) is 23.4 Å². The Balaban J connectivity index is 2.73. The molecule has 0 fully saturated rings. The third kappa shape index (κ3) is 3.84. The first-order valence-electron chi connectivity index (χ1n) is 5.10. The summed E-state index contributed by atoms with van der Waals surface area (Å²) in [6, 6.07) is 2.33. The minimum absolute atomic E-state index is 0.0683. The van der Waals surface area contributed by atoms with Gasteiger partial charge in [-0.05, 0) is 18.6 Å². The Morgan fingerprint density at radius 1 is 1.50 bits per heavy atom. The van der Waals surface area contributed by atoms with Gasteiger partial charge in [0.1, 0.15) is 0 Å². The first-order valence-corrected chi connectivity index (χ1v) is 6.58. The van der Waals surface area contributed by atoms with Crippen molar-refractivity contribution in [3.63, 3.8) is 0 Å². The van der Waals surface area contributed by atoms with Crippen LogP contribution in [0.4, 0.5) is 0 Å². The second-order valence-electron chi connectivity index (χ2n) is 3.40. The number of aromatic carboxylic acids is 1. The lowest BCUT2D eigenvalue weighted by Crippen LogP contribution is -2.25. The molecule has 2 N–H and O–H groups in total. The quantitative estimate of drug-likeness (QED) is 0.577. The Morgan fingerprint density at radius 3 is 2.72 bits per heavy atom. The van der Waals surface area contributed by atoms with E-state index in [0.29, 0.717) is 12.8 Å². The number of hydrogen-bond acceptors (Lipinski definition) is 4. The summed E-state index contributed by atoms with van der Waals surface area (Å²) in [6.45, 7) is 0.217. The Morgan fingerprint density at radius 2 is 2.22 bits per heavy atom. The molecule has 0 atom stereocenters. The van der Waals surface area contributed by atoms with Crippen molar-refractivity contribution >= 4 is 16.0 Å². The molecule has 0 saturated heterocycles. The number of rotatable bonds is 6. The third-order valence-corrected chi connectivity index (χ3v) is 3.42. The molecule has 1 heterocycles. The van der Waals surface area contributed by atoms with E-state index in [1.807, 2.05) is 0 Å². The molecule has 1 rings (SSSR count). The van der Waals surface area contributed by atoms with Crippen molar-refractivity contribution in [3.05, 3.63) is 23.9 Å². The Hall–Kier alpha value is -1.91. The van der Waals surface area contributed by atoms with Gasteiger partial charge in [-0.3, -0.25) is 0 Å². The van der Waals surface area contributed by atoms with Gasteiger partial charge in [-0.15, -0.1) is 12.3 Å². The van der Waals surface area contributed by atoms with Crippen LogP contribution in [0.1, 0.15) is 23.2 Å². The van der Waals surface area contributed by atoms with Crippen LogP contribution in [-0.2, 0) is 10.0 Å². The molecule has 18 heavy (non-hydrogen) atoms. The van der Waals surface area contributed by atoms with Gasteiger partial charge in [0.25, 0.3) is 10.0 Å². The molecule has 0 aliphatic heterocycles. The van der Waals surface area contributed by atoms with Crippen LogP contribution >= 0.6 is 0 Å².